The first-order valence-electron chi connectivity index (χ1n) is 9.02. The van der Waals surface area contributed by atoms with E-state index in [-0.39, 0.29) is 18.5 Å². The molecule has 0 aliphatic rings. The second kappa shape index (κ2) is 7.72. The molecule has 0 saturated heterocycles. The summed E-state index contributed by atoms with van der Waals surface area (Å²) in [5, 5.41) is 10.4. The molecule has 1 heterocycles. The average molecular weight is 399 g/mol. The number of thiocarbonyl (C=S) groups is 1. The molecule has 4 nitrogen and oxygen atoms in total. The lowest BCUT2D eigenvalue weighted by Gasteiger charge is -2.11. The Labute approximate surface area is 168 Å². The zero-order chi connectivity index (χ0) is 20.6. The number of esters is 1. The number of rotatable bonds is 4. The fourth-order valence-corrected chi connectivity index (χ4v) is 3.62. The summed E-state index contributed by atoms with van der Waals surface area (Å²) >= 11 is 5.68. The molecule has 3 aromatic rings. The molecule has 0 aliphatic heterocycles. The van der Waals surface area contributed by atoms with Gasteiger partial charge in [0, 0.05) is 22.7 Å². The van der Waals surface area contributed by atoms with E-state index in [9.17, 15) is 14.3 Å². The van der Waals surface area contributed by atoms with E-state index in [0.717, 1.165) is 11.1 Å². The molecule has 0 spiro atoms. The van der Waals surface area contributed by atoms with Gasteiger partial charge >= 0.3 is 5.97 Å². The number of nitrogens with zero attached hydrogens (tertiary/aromatic N) is 1. The maximum Gasteiger partial charge on any atom is 0.310 e. The number of benzene rings is 2. The van der Waals surface area contributed by atoms with E-state index in [1.807, 2.05) is 38.1 Å². The third-order valence-corrected chi connectivity index (χ3v) is 5.01. The number of carbonyl (C=O) groups is 1. The lowest BCUT2D eigenvalue weighted by Crippen LogP contribution is -2.15. The van der Waals surface area contributed by atoms with Crippen LogP contribution in [0.25, 0.3) is 10.9 Å². The van der Waals surface area contributed by atoms with Gasteiger partial charge < -0.3 is 14.4 Å². The van der Waals surface area contributed by atoms with Crippen LogP contribution in [0.1, 0.15) is 36.2 Å². The van der Waals surface area contributed by atoms with Crippen LogP contribution in [0, 0.1) is 19.7 Å². The molecule has 0 aliphatic carbocycles. The van der Waals surface area contributed by atoms with Crippen molar-refractivity contribution in [2.45, 2.75) is 40.2 Å². The summed E-state index contributed by atoms with van der Waals surface area (Å²) in [7, 11) is 0. The molecule has 0 radical (unpaired) electrons. The van der Waals surface area contributed by atoms with Gasteiger partial charge in [-0.25, -0.2) is 4.39 Å². The van der Waals surface area contributed by atoms with Gasteiger partial charge in [0.25, 0.3) is 0 Å². The Balaban J connectivity index is 2.18. The first-order chi connectivity index (χ1) is 13.2. The minimum absolute atomic E-state index is 0.00902. The summed E-state index contributed by atoms with van der Waals surface area (Å²) in [6, 6.07) is 10.3. The third-order valence-electron chi connectivity index (χ3n) is 4.59. The quantitative estimate of drug-likeness (QED) is 0.505. The van der Waals surface area contributed by atoms with Crippen LogP contribution in [0.15, 0.2) is 36.4 Å². The molecule has 6 heteroatoms. The van der Waals surface area contributed by atoms with Gasteiger partial charge in [-0.05, 0) is 39.3 Å². The highest BCUT2D eigenvalue weighted by Gasteiger charge is 2.22. The van der Waals surface area contributed by atoms with Crippen LogP contribution in [0.5, 0.6) is 5.75 Å². The van der Waals surface area contributed by atoms with Gasteiger partial charge in [0.05, 0.1) is 18.0 Å². The Morgan fingerprint density at radius 2 is 1.86 bits per heavy atom. The number of aryl methyl sites for hydroxylation is 1. The van der Waals surface area contributed by atoms with Gasteiger partial charge in [0.15, 0.2) is 11.6 Å². The second-order valence-corrected chi connectivity index (χ2v) is 7.49. The van der Waals surface area contributed by atoms with Crippen LogP contribution >= 0.6 is 12.2 Å². The van der Waals surface area contributed by atoms with E-state index in [4.69, 9.17) is 17.0 Å². The number of aromatic nitrogens is 1. The highest BCUT2D eigenvalue weighted by Crippen LogP contribution is 2.32. The molecular weight excluding hydrogens is 377 g/mol. The molecule has 0 saturated carbocycles. The molecule has 0 unspecified atom stereocenters. The van der Waals surface area contributed by atoms with E-state index >= 15 is 0 Å². The van der Waals surface area contributed by atoms with E-state index in [0.29, 0.717) is 27.1 Å². The maximum absolute atomic E-state index is 14.1. The Morgan fingerprint density at radius 1 is 1.21 bits per heavy atom. The zero-order valence-electron chi connectivity index (χ0n) is 16.2. The van der Waals surface area contributed by atoms with Crippen molar-refractivity contribution in [2.24, 2.45) is 0 Å². The van der Waals surface area contributed by atoms with Gasteiger partial charge in [-0.15, -0.1) is 0 Å². The Bertz CT molecular complexity index is 1070. The lowest BCUT2D eigenvalue weighted by atomic mass is 10.1. The average Bonchev–Trinajstić information content (AvgIpc) is 2.86. The number of halogens is 1. The van der Waals surface area contributed by atoms with E-state index in [2.05, 4.69) is 0 Å². The van der Waals surface area contributed by atoms with Crippen LogP contribution in [0.3, 0.4) is 0 Å². The number of fused-ring (bicyclic) bond motifs is 1. The topological polar surface area (TPSA) is 51.5 Å². The Hall–Kier alpha value is -2.73. The van der Waals surface area contributed by atoms with Crippen molar-refractivity contribution in [3.05, 3.63) is 64.6 Å². The number of hydrogen-bond donors (Lipinski definition) is 1. The maximum atomic E-state index is 14.1. The van der Waals surface area contributed by atoms with Crippen LogP contribution in [-0.2, 0) is 16.0 Å². The summed E-state index contributed by atoms with van der Waals surface area (Å²) < 4.78 is 21.1. The van der Waals surface area contributed by atoms with Gasteiger partial charge in [0.1, 0.15) is 4.99 Å². The predicted molar refractivity (Wildman–Crippen MR) is 112 cm³/mol. The van der Waals surface area contributed by atoms with E-state index < -0.39 is 11.6 Å². The van der Waals surface area contributed by atoms with Gasteiger partial charge in [-0.3, -0.25) is 4.79 Å². The molecule has 0 atom stereocenters. The van der Waals surface area contributed by atoms with Crippen molar-refractivity contribution in [3.8, 4) is 5.75 Å². The summed E-state index contributed by atoms with van der Waals surface area (Å²) in [6.07, 6.45) is -0.226. The van der Waals surface area contributed by atoms with Crippen LogP contribution in [-0.4, -0.2) is 26.7 Å². The van der Waals surface area contributed by atoms with Crippen molar-refractivity contribution in [1.29, 1.82) is 0 Å². The van der Waals surface area contributed by atoms with E-state index in [1.165, 1.54) is 12.1 Å². The Kier molecular flexibility index (Phi) is 5.52. The largest absolute Gasteiger partial charge is 0.505 e. The van der Waals surface area contributed by atoms with Gasteiger partial charge in [-0.1, -0.05) is 42.0 Å². The van der Waals surface area contributed by atoms with Crippen molar-refractivity contribution < 1.29 is 19.0 Å². The normalized spacial score (nSPS) is 11.2. The smallest absolute Gasteiger partial charge is 0.310 e. The van der Waals surface area contributed by atoms with Crippen molar-refractivity contribution in [1.82, 2.24) is 4.57 Å². The fraction of sp³-hybridized carbons (Fsp3) is 0.273. The fourth-order valence-electron chi connectivity index (χ4n) is 3.25. The third kappa shape index (κ3) is 3.78. The molecule has 28 heavy (non-hydrogen) atoms. The first-order valence-corrected chi connectivity index (χ1v) is 9.43. The highest BCUT2D eigenvalue weighted by atomic mass is 32.1. The van der Waals surface area contributed by atoms with Crippen LogP contribution in [0.4, 0.5) is 4.39 Å². The lowest BCUT2D eigenvalue weighted by molar-refractivity contribution is -0.146. The monoisotopic (exact) mass is 399 g/mol. The molecule has 0 fully saturated rings. The van der Waals surface area contributed by atoms with Gasteiger partial charge in [0.2, 0.25) is 0 Å². The van der Waals surface area contributed by atoms with Crippen molar-refractivity contribution >= 4 is 34.1 Å². The number of phenols is 1. The van der Waals surface area contributed by atoms with E-state index in [1.54, 1.807) is 18.4 Å². The molecule has 1 N–H and O–H groups in total. The molecule has 1 aromatic heterocycles. The van der Waals surface area contributed by atoms with Crippen molar-refractivity contribution in [2.75, 3.05) is 0 Å². The van der Waals surface area contributed by atoms with Crippen molar-refractivity contribution in [3.63, 3.8) is 0 Å². The number of ether oxygens (including phenoxy) is 1. The minimum atomic E-state index is -0.741. The second-order valence-electron chi connectivity index (χ2n) is 7.11. The predicted octanol–water partition coefficient (Wildman–Crippen LogP) is 4.82. The summed E-state index contributed by atoms with van der Waals surface area (Å²) in [5.74, 6) is -1.60. The minimum Gasteiger partial charge on any atom is -0.505 e. The molecule has 0 amide bonds. The number of hydrogen-bond acceptors (Lipinski definition) is 4. The zero-order valence-corrected chi connectivity index (χ0v) is 17.1. The van der Waals surface area contributed by atoms with Crippen LogP contribution < -0.4 is 0 Å². The van der Waals surface area contributed by atoms with Gasteiger partial charge in [-0.2, -0.15) is 0 Å². The molecular formula is C22H22FNO3S. The molecule has 3 rings (SSSR count). The summed E-state index contributed by atoms with van der Waals surface area (Å²) in [6.45, 7) is 7.37. The number of phenolic OH excluding ortho intramolecular Hbond substituents is 1. The number of carbonyl (C=O) groups excluding carboxylic acids is 1. The summed E-state index contributed by atoms with van der Waals surface area (Å²) in [5.41, 5.74) is 3.79. The highest BCUT2D eigenvalue weighted by molar-refractivity contribution is 7.80. The number of aromatic hydroxyl groups is 1. The Morgan fingerprint density at radius 3 is 2.46 bits per heavy atom. The molecule has 146 valence electrons. The first kappa shape index (κ1) is 20.0. The van der Waals surface area contributed by atoms with Crippen LogP contribution in [0.2, 0.25) is 0 Å². The standard InChI is InChI=1S/C22H22FNO3S/c1-12(2)27-21(26)10-16-14(4)24(19-11-18(23)20(25)9-17(16)19)22(28)15-7-5-13(3)6-8-15/h5-9,11-12,25H,10H2,1-4H3. The SMILES string of the molecule is Cc1ccc(C(=S)n2c(C)c(CC(=O)OC(C)C)c3cc(O)c(F)cc32)cc1. The molecule has 2 aromatic carbocycles. The molecule has 0 bridgehead atoms. The summed E-state index contributed by atoms with van der Waals surface area (Å²) in [4.78, 5) is 12.8.